The first-order valence-corrected chi connectivity index (χ1v) is 5.90. The number of carboxylic acid groups (broad SMARTS) is 1. The van der Waals surface area contributed by atoms with E-state index in [4.69, 9.17) is 5.11 Å². The van der Waals surface area contributed by atoms with E-state index in [0.29, 0.717) is 5.82 Å². The number of nitrogens with zero attached hydrogens (tertiary/aromatic N) is 2. The van der Waals surface area contributed by atoms with Crippen LogP contribution in [0.4, 0.5) is 5.82 Å². The monoisotopic (exact) mass is 249 g/mol. The Morgan fingerprint density at radius 2 is 2.29 bits per heavy atom. The molecule has 0 saturated carbocycles. The highest BCUT2D eigenvalue weighted by Crippen LogP contribution is 2.19. The SMILES string of the molecule is CC(Nc1ccc(C(=O)O)cn1)c1nccs1. The molecule has 2 aromatic heterocycles. The average Bonchev–Trinajstić information content (AvgIpc) is 2.83. The third kappa shape index (κ3) is 2.79. The number of rotatable bonds is 4. The van der Waals surface area contributed by atoms with Crippen LogP contribution in [0.25, 0.3) is 0 Å². The summed E-state index contributed by atoms with van der Waals surface area (Å²) in [6.07, 6.45) is 3.08. The zero-order valence-electron chi connectivity index (χ0n) is 9.12. The van der Waals surface area contributed by atoms with Gasteiger partial charge in [-0.05, 0) is 19.1 Å². The topological polar surface area (TPSA) is 75.1 Å². The van der Waals surface area contributed by atoms with Crippen LogP contribution in [0.1, 0.15) is 28.3 Å². The lowest BCUT2D eigenvalue weighted by atomic mass is 10.3. The van der Waals surface area contributed by atoms with Gasteiger partial charge in [0.2, 0.25) is 0 Å². The molecule has 2 rings (SSSR count). The fourth-order valence-corrected chi connectivity index (χ4v) is 1.98. The Kier molecular flexibility index (Phi) is 3.34. The Hall–Kier alpha value is -1.95. The number of thiazole rings is 1. The van der Waals surface area contributed by atoms with Crippen LogP contribution in [0.15, 0.2) is 29.9 Å². The first-order valence-electron chi connectivity index (χ1n) is 5.02. The first-order chi connectivity index (χ1) is 8.16. The van der Waals surface area contributed by atoms with Gasteiger partial charge in [-0.2, -0.15) is 0 Å². The second kappa shape index (κ2) is 4.92. The summed E-state index contributed by atoms with van der Waals surface area (Å²) in [5.41, 5.74) is 0.178. The Morgan fingerprint density at radius 3 is 2.82 bits per heavy atom. The fraction of sp³-hybridized carbons (Fsp3) is 0.182. The van der Waals surface area contributed by atoms with Crippen molar-refractivity contribution < 1.29 is 9.90 Å². The molecule has 0 aliphatic rings. The number of aromatic carboxylic acids is 1. The summed E-state index contributed by atoms with van der Waals surface area (Å²) in [5.74, 6) is -0.338. The molecule has 88 valence electrons. The molecule has 2 N–H and O–H groups in total. The van der Waals surface area contributed by atoms with Crippen molar-refractivity contribution in [3.63, 3.8) is 0 Å². The van der Waals surface area contributed by atoms with Crippen molar-refractivity contribution in [2.45, 2.75) is 13.0 Å². The van der Waals surface area contributed by atoms with E-state index in [0.717, 1.165) is 5.01 Å². The summed E-state index contributed by atoms with van der Waals surface area (Å²) in [6, 6.07) is 3.22. The molecule has 0 aromatic carbocycles. The number of carboxylic acids is 1. The van der Waals surface area contributed by atoms with Gasteiger partial charge in [0, 0.05) is 17.8 Å². The first kappa shape index (κ1) is 11.5. The lowest BCUT2D eigenvalue weighted by molar-refractivity contribution is 0.0696. The van der Waals surface area contributed by atoms with Gasteiger partial charge in [0.25, 0.3) is 0 Å². The minimum absolute atomic E-state index is 0.0539. The molecule has 0 aliphatic heterocycles. The van der Waals surface area contributed by atoms with Gasteiger partial charge in [-0.25, -0.2) is 14.8 Å². The minimum Gasteiger partial charge on any atom is -0.478 e. The molecule has 17 heavy (non-hydrogen) atoms. The Labute approximate surface area is 102 Å². The summed E-state index contributed by atoms with van der Waals surface area (Å²) < 4.78 is 0. The van der Waals surface area contributed by atoms with Crippen molar-refractivity contribution in [2.75, 3.05) is 5.32 Å². The summed E-state index contributed by atoms with van der Waals surface area (Å²) in [6.45, 7) is 1.98. The van der Waals surface area contributed by atoms with Crippen molar-refractivity contribution in [3.05, 3.63) is 40.5 Å². The van der Waals surface area contributed by atoms with E-state index in [2.05, 4.69) is 15.3 Å². The highest BCUT2D eigenvalue weighted by atomic mass is 32.1. The Morgan fingerprint density at radius 1 is 1.47 bits per heavy atom. The Bertz CT molecular complexity index is 496. The van der Waals surface area contributed by atoms with Gasteiger partial charge in [0.15, 0.2) is 0 Å². The minimum atomic E-state index is -0.975. The van der Waals surface area contributed by atoms with Crippen molar-refractivity contribution in [1.29, 1.82) is 0 Å². The summed E-state index contributed by atoms with van der Waals surface area (Å²) >= 11 is 1.56. The van der Waals surface area contributed by atoms with Crippen LogP contribution >= 0.6 is 11.3 Å². The molecule has 1 unspecified atom stereocenters. The molecule has 1 atom stereocenters. The molecular formula is C11H11N3O2S. The van der Waals surface area contributed by atoms with Gasteiger partial charge in [0.1, 0.15) is 10.8 Å². The maximum atomic E-state index is 10.7. The Balaban J connectivity index is 2.06. The van der Waals surface area contributed by atoms with Gasteiger partial charge in [-0.1, -0.05) is 0 Å². The number of anilines is 1. The van der Waals surface area contributed by atoms with E-state index in [1.165, 1.54) is 12.3 Å². The van der Waals surface area contributed by atoms with Crippen molar-refractivity contribution in [2.24, 2.45) is 0 Å². The predicted molar refractivity (Wildman–Crippen MR) is 65.3 cm³/mol. The molecule has 0 fully saturated rings. The lowest BCUT2D eigenvalue weighted by Gasteiger charge is -2.11. The number of hydrogen-bond donors (Lipinski definition) is 2. The molecule has 2 heterocycles. The van der Waals surface area contributed by atoms with Gasteiger partial charge in [-0.15, -0.1) is 11.3 Å². The fourth-order valence-electron chi connectivity index (χ4n) is 1.34. The smallest absolute Gasteiger partial charge is 0.337 e. The van der Waals surface area contributed by atoms with E-state index < -0.39 is 5.97 Å². The third-order valence-electron chi connectivity index (χ3n) is 2.20. The standard InChI is InChI=1S/C11H11N3O2S/c1-7(10-12-4-5-17-10)14-9-3-2-8(6-13-9)11(15)16/h2-7H,1H3,(H,13,14)(H,15,16). The van der Waals surface area contributed by atoms with E-state index in [1.54, 1.807) is 23.6 Å². The average molecular weight is 249 g/mol. The number of hydrogen-bond acceptors (Lipinski definition) is 5. The summed E-state index contributed by atoms with van der Waals surface area (Å²) in [7, 11) is 0. The molecule has 0 saturated heterocycles. The van der Waals surface area contributed by atoms with Crippen molar-refractivity contribution in [1.82, 2.24) is 9.97 Å². The molecule has 0 amide bonds. The molecule has 0 aliphatic carbocycles. The highest BCUT2D eigenvalue weighted by Gasteiger charge is 2.09. The van der Waals surface area contributed by atoms with E-state index in [1.807, 2.05) is 12.3 Å². The molecule has 5 nitrogen and oxygen atoms in total. The molecule has 2 aromatic rings. The van der Waals surface area contributed by atoms with Crippen molar-refractivity contribution >= 4 is 23.1 Å². The molecule has 0 radical (unpaired) electrons. The summed E-state index contributed by atoms with van der Waals surface area (Å²) in [5, 5.41) is 14.8. The largest absolute Gasteiger partial charge is 0.478 e. The van der Waals surface area contributed by atoms with Crippen LogP contribution in [-0.2, 0) is 0 Å². The highest BCUT2D eigenvalue weighted by molar-refractivity contribution is 7.09. The summed E-state index contributed by atoms with van der Waals surface area (Å²) in [4.78, 5) is 18.9. The van der Waals surface area contributed by atoms with Gasteiger partial charge in [0.05, 0.1) is 11.6 Å². The quantitative estimate of drug-likeness (QED) is 0.870. The second-order valence-corrected chi connectivity index (χ2v) is 4.40. The van der Waals surface area contributed by atoms with Gasteiger partial charge < -0.3 is 10.4 Å². The van der Waals surface area contributed by atoms with E-state index in [9.17, 15) is 4.79 Å². The van der Waals surface area contributed by atoms with Crippen LogP contribution in [-0.4, -0.2) is 21.0 Å². The molecule has 0 spiro atoms. The number of pyridine rings is 1. The maximum Gasteiger partial charge on any atom is 0.337 e. The van der Waals surface area contributed by atoms with Crippen LogP contribution < -0.4 is 5.32 Å². The number of carbonyl (C=O) groups is 1. The normalized spacial score (nSPS) is 12.1. The maximum absolute atomic E-state index is 10.7. The van der Waals surface area contributed by atoms with E-state index >= 15 is 0 Å². The third-order valence-corrected chi connectivity index (χ3v) is 3.15. The van der Waals surface area contributed by atoms with Gasteiger partial charge >= 0.3 is 5.97 Å². The number of nitrogens with one attached hydrogen (secondary N) is 1. The predicted octanol–water partition coefficient (Wildman–Crippen LogP) is 2.41. The zero-order valence-corrected chi connectivity index (χ0v) is 9.94. The lowest BCUT2D eigenvalue weighted by Crippen LogP contribution is -2.08. The van der Waals surface area contributed by atoms with Gasteiger partial charge in [-0.3, -0.25) is 0 Å². The van der Waals surface area contributed by atoms with Crippen LogP contribution in [0, 0.1) is 0 Å². The van der Waals surface area contributed by atoms with Crippen molar-refractivity contribution in [3.8, 4) is 0 Å². The van der Waals surface area contributed by atoms with Crippen LogP contribution in [0.2, 0.25) is 0 Å². The molecule has 6 heteroatoms. The molecule has 0 bridgehead atoms. The van der Waals surface area contributed by atoms with E-state index in [-0.39, 0.29) is 11.6 Å². The second-order valence-electron chi connectivity index (χ2n) is 3.47. The van der Waals surface area contributed by atoms with Crippen LogP contribution in [0.5, 0.6) is 0 Å². The zero-order chi connectivity index (χ0) is 12.3. The van der Waals surface area contributed by atoms with Crippen LogP contribution in [0.3, 0.4) is 0 Å². The number of aromatic nitrogens is 2. The molecular weight excluding hydrogens is 238 g/mol.